The molecule has 0 bridgehead atoms. The zero-order chi connectivity index (χ0) is 11.1. The first-order valence-corrected chi connectivity index (χ1v) is 5.01. The first-order chi connectivity index (χ1) is 7.24. The fourth-order valence-corrected chi connectivity index (χ4v) is 1.39. The van der Waals surface area contributed by atoms with Gasteiger partial charge >= 0.3 is 6.03 Å². The Bertz CT molecular complexity index is 344. The number of benzene rings is 1. The van der Waals surface area contributed by atoms with E-state index in [1.54, 1.807) is 0 Å². The number of carbonyl (C=O) groups excluding carboxylic acids is 1. The minimum Gasteiger partial charge on any atom is -0.352 e. The Morgan fingerprint density at radius 1 is 1.40 bits per heavy atom. The molecule has 0 fully saturated rings. The molecule has 3 N–H and O–H groups in total. The number of primary amides is 1. The Morgan fingerprint density at radius 3 is 2.60 bits per heavy atom. The van der Waals surface area contributed by atoms with Crippen LogP contribution in [0, 0.1) is 0 Å². The molecule has 2 amide bonds. The van der Waals surface area contributed by atoms with Gasteiger partial charge in [0.05, 0.1) is 0 Å². The van der Waals surface area contributed by atoms with Crippen LogP contribution in [0.2, 0.25) is 0 Å². The van der Waals surface area contributed by atoms with Crippen molar-refractivity contribution in [1.29, 1.82) is 0 Å². The lowest BCUT2D eigenvalue weighted by Crippen LogP contribution is -2.29. The van der Waals surface area contributed by atoms with Crippen LogP contribution in [-0.2, 0) is 0 Å². The summed E-state index contributed by atoms with van der Waals surface area (Å²) in [6.07, 6.45) is 2.92. The molecule has 80 valence electrons. The normalized spacial score (nSPS) is 11.1. The molecule has 0 aromatic heterocycles. The number of hydrogen-bond acceptors (Lipinski definition) is 1. The Balaban J connectivity index is 2.67. The number of rotatable bonds is 4. The number of urea groups is 1. The van der Waals surface area contributed by atoms with E-state index in [0.29, 0.717) is 6.54 Å². The molecule has 15 heavy (non-hydrogen) atoms. The first kappa shape index (κ1) is 11.3. The van der Waals surface area contributed by atoms with Gasteiger partial charge in [-0.05, 0) is 17.6 Å². The summed E-state index contributed by atoms with van der Waals surface area (Å²) in [6.45, 7) is 2.57. The zero-order valence-electron chi connectivity index (χ0n) is 8.86. The van der Waals surface area contributed by atoms with Gasteiger partial charge in [0, 0.05) is 6.54 Å². The van der Waals surface area contributed by atoms with Crippen LogP contribution < -0.4 is 11.1 Å². The maximum absolute atomic E-state index is 10.5. The Morgan fingerprint density at radius 2 is 2.07 bits per heavy atom. The molecule has 1 rings (SSSR count). The molecule has 0 saturated carbocycles. The van der Waals surface area contributed by atoms with Gasteiger partial charge in [0.2, 0.25) is 0 Å². The van der Waals surface area contributed by atoms with Crippen LogP contribution in [0.4, 0.5) is 4.79 Å². The summed E-state index contributed by atoms with van der Waals surface area (Å²) in [5, 5.41) is 2.54. The number of nitrogens with two attached hydrogens (primary N) is 1. The lowest BCUT2D eigenvalue weighted by molar-refractivity contribution is 0.250. The highest BCUT2D eigenvalue weighted by molar-refractivity contribution is 5.72. The van der Waals surface area contributed by atoms with E-state index >= 15 is 0 Å². The molecular formula is C12H16N2O. The second-order valence-corrected chi connectivity index (χ2v) is 3.19. The van der Waals surface area contributed by atoms with Crippen LogP contribution in [0.15, 0.2) is 36.4 Å². The smallest absolute Gasteiger partial charge is 0.312 e. The SMILES string of the molecule is CC/C(=C\CNC(N)=O)c1ccccc1. The third kappa shape index (κ3) is 3.85. The molecule has 3 nitrogen and oxygen atoms in total. The average molecular weight is 204 g/mol. The molecule has 0 unspecified atom stereocenters. The lowest BCUT2D eigenvalue weighted by atomic mass is 10.0. The van der Waals surface area contributed by atoms with Crippen molar-refractivity contribution in [2.75, 3.05) is 6.54 Å². The van der Waals surface area contributed by atoms with Crippen molar-refractivity contribution in [2.24, 2.45) is 5.73 Å². The van der Waals surface area contributed by atoms with Crippen LogP contribution in [0.3, 0.4) is 0 Å². The van der Waals surface area contributed by atoms with Crippen LogP contribution in [0.1, 0.15) is 18.9 Å². The summed E-state index contributed by atoms with van der Waals surface area (Å²) in [5.41, 5.74) is 7.38. The van der Waals surface area contributed by atoms with E-state index in [4.69, 9.17) is 5.73 Å². The van der Waals surface area contributed by atoms with Crippen molar-refractivity contribution in [2.45, 2.75) is 13.3 Å². The number of amides is 2. The van der Waals surface area contributed by atoms with E-state index in [0.717, 1.165) is 6.42 Å². The Kier molecular flexibility index (Phi) is 4.41. The van der Waals surface area contributed by atoms with Gasteiger partial charge in [-0.3, -0.25) is 0 Å². The summed E-state index contributed by atoms with van der Waals surface area (Å²) >= 11 is 0. The third-order valence-corrected chi connectivity index (χ3v) is 2.15. The standard InChI is InChI=1S/C12H16N2O/c1-2-10(8-9-14-12(13)15)11-6-4-3-5-7-11/h3-8H,2,9H2,1H3,(H3,13,14,15)/b10-8+. The third-order valence-electron chi connectivity index (χ3n) is 2.15. The highest BCUT2D eigenvalue weighted by Crippen LogP contribution is 2.16. The highest BCUT2D eigenvalue weighted by Gasteiger charge is 1.97. The molecule has 0 aliphatic rings. The maximum Gasteiger partial charge on any atom is 0.312 e. The van der Waals surface area contributed by atoms with Crippen molar-refractivity contribution in [3.8, 4) is 0 Å². The van der Waals surface area contributed by atoms with Gasteiger partial charge in [0.1, 0.15) is 0 Å². The fourth-order valence-electron chi connectivity index (χ4n) is 1.39. The second kappa shape index (κ2) is 5.86. The van der Waals surface area contributed by atoms with Crippen molar-refractivity contribution in [3.05, 3.63) is 42.0 Å². The van der Waals surface area contributed by atoms with E-state index < -0.39 is 6.03 Å². The molecule has 1 aromatic carbocycles. The van der Waals surface area contributed by atoms with Gasteiger partial charge in [-0.25, -0.2) is 4.79 Å². The summed E-state index contributed by atoms with van der Waals surface area (Å²) in [5.74, 6) is 0. The zero-order valence-corrected chi connectivity index (χ0v) is 8.86. The summed E-state index contributed by atoms with van der Waals surface area (Å²) < 4.78 is 0. The lowest BCUT2D eigenvalue weighted by Gasteiger charge is -2.05. The summed E-state index contributed by atoms with van der Waals surface area (Å²) in [4.78, 5) is 10.5. The largest absolute Gasteiger partial charge is 0.352 e. The van der Waals surface area contributed by atoms with Gasteiger partial charge in [0.15, 0.2) is 0 Å². The monoisotopic (exact) mass is 204 g/mol. The van der Waals surface area contributed by atoms with E-state index in [1.165, 1.54) is 11.1 Å². The molecule has 1 aromatic rings. The van der Waals surface area contributed by atoms with E-state index in [9.17, 15) is 4.79 Å². The van der Waals surface area contributed by atoms with Gasteiger partial charge in [-0.15, -0.1) is 0 Å². The molecule has 0 radical (unpaired) electrons. The van der Waals surface area contributed by atoms with Crippen LogP contribution >= 0.6 is 0 Å². The molecule has 0 aliphatic carbocycles. The number of hydrogen-bond donors (Lipinski definition) is 2. The Hall–Kier alpha value is -1.77. The van der Waals surface area contributed by atoms with Crippen molar-refractivity contribution < 1.29 is 4.79 Å². The van der Waals surface area contributed by atoms with E-state index in [-0.39, 0.29) is 0 Å². The van der Waals surface area contributed by atoms with Gasteiger partial charge < -0.3 is 11.1 Å². The summed E-state index contributed by atoms with van der Waals surface area (Å²) in [7, 11) is 0. The molecule has 0 atom stereocenters. The van der Waals surface area contributed by atoms with Crippen LogP contribution in [0.25, 0.3) is 5.57 Å². The number of allylic oxidation sites excluding steroid dienone is 1. The quantitative estimate of drug-likeness (QED) is 0.775. The van der Waals surface area contributed by atoms with Gasteiger partial charge in [-0.2, -0.15) is 0 Å². The van der Waals surface area contributed by atoms with E-state index in [1.807, 2.05) is 24.3 Å². The maximum atomic E-state index is 10.5. The predicted molar refractivity (Wildman–Crippen MR) is 62.3 cm³/mol. The van der Waals surface area contributed by atoms with Crippen molar-refractivity contribution in [1.82, 2.24) is 5.32 Å². The van der Waals surface area contributed by atoms with E-state index in [2.05, 4.69) is 24.4 Å². The van der Waals surface area contributed by atoms with Gasteiger partial charge in [0.25, 0.3) is 0 Å². The average Bonchev–Trinajstić information content (AvgIpc) is 2.25. The predicted octanol–water partition coefficient (Wildman–Crippen LogP) is 2.15. The highest BCUT2D eigenvalue weighted by atomic mass is 16.2. The molecule has 0 spiro atoms. The number of nitrogens with one attached hydrogen (secondary N) is 1. The van der Waals surface area contributed by atoms with Crippen molar-refractivity contribution >= 4 is 11.6 Å². The minimum atomic E-state index is -0.491. The molecule has 0 saturated heterocycles. The molecule has 3 heteroatoms. The minimum absolute atomic E-state index is 0.480. The first-order valence-electron chi connectivity index (χ1n) is 5.01. The number of carbonyl (C=O) groups is 1. The molecular weight excluding hydrogens is 188 g/mol. The topological polar surface area (TPSA) is 55.1 Å². The van der Waals surface area contributed by atoms with Crippen molar-refractivity contribution in [3.63, 3.8) is 0 Å². The van der Waals surface area contributed by atoms with Crippen LogP contribution in [0.5, 0.6) is 0 Å². The molecule has 0 heterocycles. The summed E-state index contributed by atoms with van der Waals surface area (Å²) in [6, 6.07) is 9.60. The fraction of sp³-hybridized carbons (Fsp3) is 0.250. The second-order valence-electron chi connectivity index (χ2n) is 3.19. The van der Waals surface area contributed by atoms with Gasteiger partial charge in [-0.1, -0.05) is 43.3 Å². The Labute approximate surface area is 90.0 Å². The van der Waals surface area contributed by atoms with Crippen LogP contribution in [-0.4, -0.2) is 12.6 Å². The molecule has 0 aliphatic heterocycles.